The lowest BCUT2D eigenvalue weighted by Crippen LogP contribution is -2.02. The van der Waals surface area contributed by atoms with Gasteiger partial charge in [0, 0.05) is 12.6 Å². The second-order valence-corrected chi connectivity index (χ2v) is 5.09. The number of hydrogen-bond donors (Lipinski definition) is 1. The minimum Gasteiger partial charge on any atom is -0.372 e. The molecule has 94 valence electrons. The average Bonchev–Trinajstić information content (AvgIpc) is 2.36. The molecule has 0 spiro atoms. The molecule has 4 heteroatoms. The van der Waals surface area contributed by atoms with Crippen LogP contribution < -0.4 is 5.32 Å². The molecule has 0 aliphatic heterocycles. The van der Waals surface area contributed by atoms with Gasteiger partial charge >= 0.3 is 0 Å². The molecule has 0 fully saturated rings. The molecule has 1 aromatic carbocycles. The smallest absolute Gasteiger partial charge is 0.162 e. The standard InChI is InChI=1S/C14H16BrN3/c1-8-6-5-7-11(9(8)2)13-17-10(3)12(15)14(16-4)18-13/h5-7H,1-4H3,(H,16,17,18). The summed E-state index contributed by atoms with van der Waals surface area (Å²) in [5, 5.41) is 3.08. The van der Waals surface area contributed by atoms with Crippen LogP contribution in [-0.2, 0) is 0 Å². The van der Waals surface area contributed by atoms with Crippen molar-refractivity contribution in [3.63, 3.8) is 0 Å². The van der Waals surface area contributed by atoms with Gasteiger partial charge in [0.1, 0.15) is 5.82 Å². The SMILES string of the molecule is CNc1nc(-c2cccc(C)c2C)nc(C)c1Br. The first-order chi connectivity index (χ1) is 8.54. The molecule has 1 N–H and O–H groups in total. The average molecular weight is 306 g/mol. The summed E-state index contributed by atoms with van der Waals surface area (Å²) in [7, 11) is 1.86. The van der Waals surface area contributed by atoms with E-state index in [0.29, 0.717) is 0 Å². The quantitative estimate of drug-likeness (QED) is 0.915. The Morgan fingerprint density at radius 2 is 1.83 bits per heavy atom. The summed E-state index contributed by atoms with van der Waals surface area (Å²) in [6.07, 6.45) is 0. The zero-order valence-corrected chi connectivity index (χ0v) is 12.6. The number of hydrogen-bond acceptors (Lipinski definition) is 3. The van der Waals surface area contributed by atoms with Crippen LogP contribution in [0, 0.1) is 20.8 Å². The van der Waals surface area contributed by atoms with E-state index >= 15 is 0 Å². The minimum absolute atomic E-state index is 0.765. The Balaban J connectivity index is 2.64. The Hall–Kier alpha value is -1.42. The molecule has 18 heavy (non-hydrogen) atoms. The van der Waals surface area contributed by atoms with Gasteiger partial charge in [0.05, 0.1) is 10.2 Å². The summed E-state index contributed by atoms with van der Waals surface area (Å²) in [5.41, 5.74) is 4.50. The van der Waals surface area contributed by atoms with Crippen molar-refractivity contribution in [2.45, 2.75) is 20.8 Å². The highest BCUT2D eigenvalue weighted by atomic mass is 79.9. The van der Waals surface area contributed by atoms with Gasteiger partial charge in [-0.2, -0.15) is 0 Å². The molecule has 0 saturated carbocycles. The van der Waals surface area contributed by atoms with Crippen molar-refractivity contribution in [3.05, 3.63) is 39.5 Å². The summed E-state index contributed by atoms with van der Waals surface area (Å²) in [4.78, 5) is 9.11. The molecule has 2 aromatic rings. The molecule has 2 rings (SSSR count). The second kappa shape index (κ2) is 5.06. The maximum atomic E-state index is 4.56. The fourth-order valence-corrected chi connectivity index (χ4v) is 2.21. The highest BCUT2D eigenvalue weighted by Gasteiger charge is 2.12. The Morgan fingerprint density at radius 1 is 1.11 bits per heavy atom. The van der Waals surface area contributed by atoms with E-state index in [4.69, 9.17) is 0 Å². The van der Waals surface area contributed by atoms with Crippen LogP contribution in [0.2, 0.25) is 0 Å². The summed E-state index contributed by atoms with van der Waals surface area (Å²) in [6.45, 7) is 6.18. The van der Waals surface area contributed by atoms with Crippen molar-refractivity contribution in [2.75, 3.05) is 12.4 Å². The minimum atomic E-state index is 0.765. The van der Waals surface area contributed by atoms with Crippen molar-refractivity contribution in [1.82, 2.24) is 9.97 Å². The van der Waals surface area contributed by atoms with Crippen molar-refractivity contribution in [3.8, 4) is 11.4 Å². The van der Waals surface area contributed by atoms with Crippen LogP contribution in [-0.4, -0.2) is 17.0 Å². The van der Waals surface area contributed by atoms with Gasteiger partial charge in [0.25, 0.3) is 0 Å². The largest absolute Gasteiger partial charge is 0.372 e. The zero-order valence-electron chi connectivity index (χ0n) is 11.0. The summed E-state index contributed by atoms with van der Waals surface area (Å²) in [5.74, 6) is 1.58. The fraction of sp³-hybridized carbons (Fsp3) is 0.286. The van der Waals surface area contributed by atoms with Gasteiger partial charge in [-0.15, -0.1) is 0 Å². The Morgan fingerprint density at radius 3 is 2.50 bits per heavy atom. The number of aromatic nitrogens is 2. The maximum absolute atomic E-state index is 4.56. The lowest BCUT2D eigenvalue weighted by atomic mass is 10.0. The first kappa shape index (κ1) is 13.0. The molecule has 1 heterocycles. The monoisotopic (exact) mass is 305 g/mol. The number of aryl methyl sites for hydroxylation is 2. The van der Waals surface area contributed by atoms with Gasteiger partial charge in [0.15, 0.2) is 5.82 Å². The predicted molar refractivity (Wildman–Crippen MR) is 78.9 cm³/mol. The van der Waals surface area contributed by atoms with E-state index in [-0.39, 0.29) is 0 Å². The summed E-state index contributed by atoms with van der Waals surface area (Å²) in [6, 6.07) is 6.20. The van der Waals surface area contributed by atoms with Crippen molar-refractivity contribution in [1.29, 1.82) is 0 Å². The van der Waals surface area contributed by atoms with Crippen LogP contribution in [0.1, 0.15) is 16.8 Å². The number of rotatable bonds is 2. The molecular weight excluding hydrogens is 290 g/mol. The van der Waals surface area contributed by atoms with Gasteiger partial charge in [-0.05, 0) is 47.8 Å². The van der Waals surface area contributed by atoms with Gasteiger partial charge in [0.2, 0.25) is 0 Å². The van der Waals surface area contributed by atoms with Gasteiger partial charge in [-0.3, -0.25) is 0 Å². The molecule has 1 aromatic heterocycles. The predicted octanol–water partition coefficient (Wildman–Crippen LogP) is 3.87. The number of nitrogens with zero attached hydrogens (tertiary/aromatic N) is 2. The normalized spacial score (nSPS) is 10.5. The van der Waals surface area contributed by atoms with E-state index in [9.17, 15) is 0 Å². The highest BCUT2D eigenvalue weighted by molar-refractivity contribution is 9.10. The third-order valence-corrected chi connectivity index (χ3v) is 4.05. The number of halogens is 1. The van der Waals surface area contributed by atoms with Crippen molar-refractivity contribution < 1.29 is 0 Å². The molecule has 0 aliphatic rings. The third-order valence-electron chi connectivity index (χ3n) is 3.10. The molecule has 0 saturated heterocycles. The van der Waals surface area contributed by atoms with Crippen molar-refractivity contribution in [2.24, 2.45) is 0 Å². The first-order valence-corrected chi connectivity index (χ1v) is 6.62. The van der Waals surface area contributed by atoms with Crippen LogP contribution in [0.4, 0.5) is 5.82 Å². The molecule has 0 amide bonds. The lowest BCUT2D eigenvalue weighted by molar-refractivity contribution is 1.08. The van der Waals surface area contributed by atoms with Gasteiger partial charge in [-0.1, -0.05) is 18.2 Å². The molecule has 0 unspecified atom stereocenters. The van der Waals surface area contributed by atoms with E-state index in [1.54, 1.807) is 0 Å². The molecule has 3 nitrogen and oxygen atoms in total. The van der Waals surface area contributed by atoms with Crippen LogP contribution in [0.5, 0.6) is 0 Å². The van der Waals surface area contributed by atoms with Crippen LogP contribution in [0.3, 0.4) is 0 Å². The summed E-state index contributed by atoms with van der Waals surface area (Å²) >= 11 is 3.49. The number of benzene rings is 1. The van der Waals surface area contributed by atoms with E-state index < -0.39 is 0 Å². The molecular formula is C14H16BrN3. The number of anilines is 1. The van der Waals surface area contributed by atoms with E-state index in [2.05, 4.69) is 57.2 Å². The van der Waals surface area contributed by atoms with Gasteiger partial charge < -0.3 is 5.32 Å². The maximum Gasteiger partial charge on any atom is 0.162 e. The number of nitrogens with one attached hydrogen (secondary N) is 1. The molecule has 0 bridgehead atoms. The topological polar surface area (TPSA) is 37.8 Å². The fourth-order valence-electron chi connectivity index (χ4n) is 1.84. The van der Waals surface area contributed by atoms with Crippen molar-refractivity contribution >= 4 is 21.7 Å². The van der Waals surface area contributed by atoms with E-state index in [0.717, 1.165) is 27.4 Å². The molecule has 0 aliphatic carbocycles. The molecule has 0 atom stereocenters. The van der Waals surface area contributed by atoms with Crippen LogP contribution in [0.15, 0.2) is 22.7 Å². The highest BCUT2D eigenvalue weighted by Crippen LogP contribution is 2.28. The Bertz CT molecular complexity index is 594. The van der Waals surface area contributed by atoms with E-state index in [1.165, 1.54) is 11.1 Å². The van der Waals surface area contributed by atoms with Crippen LogP contribution >= 0.6 is 15.9 Å². The first-order valence-electron chi connectivity index (χ1n) is 5.83. The molecule has 0 radical (unpaired) electrons. The van der Waals surface area contributed by atoms with Crippen LogP contribution in [0.25, 0.3) is 11.4 Å². The second-order valence-electron chi connectivity index (χ2n) is 4.29. The Labute approximate surface area is 116 Å². The summed E-state index contributed by atoms with van der Waals surface area (Å²) < 4.78 is 0.916. The zero-order chi connectivity index (χ0) is 13.3. The Kier molecular flexibility index (Phi) is 3.66. The van der Waals surface area contributed by atoms with E-state index in [1.807, 2.05) is 20.0 Å². The van der Waals surface area contributed by atoms with Gasteiger partial charge in [-0.25, -0.2) is 9.97 Å². The third kappa shape index (κ3) is 2.25. The lowest BCUT2D eigenvalue weighted by Gasteiger charge is -2.11.